The normalized spacial score (nSPS) is 12.7. The molecule has 0 aromatic heterocycles. The molecule has 2 amide bonds. The first kappa shape index (κ1) is 30.9. The molecular weight excluding hydrogens is 512 g/mol. The number of nitrogens with one attached hydrogen (secondary N) is 1. The summed E-state index contributed by atoms with van der Waals surface area (Å²) in [6.07, 6.45) is 0.350. The summed E-state index contributed by atoms with van der Waals surface area (Å²) in [4.78, 5) is 28.4. The van der Waals surface area contributed by atoms with Gasteiger partial charge in [-0.15, -0.1) is 0 Å². The monoisotopic (exact) mass is 551 g/mol. The van der Waals surface area contributed by atoms with Crippen LogP contribution in [0.25, 0.3) is 0 Å². The Morgan fingerprint density at radius 1 is 0.925 bits per heavy atom. The summed E-state index contributed by atoms with van der Waals surface area (Å²) in [5.74, 6) is -3.39. The van der Waals surface area contributed by atoms with Crippen LogP contribution in [0.15, 0.2) is 60.7 Å². The van der Waals surface area contributed by atoms with Crippen molar-refractivity contribution in [2.45, 2.75) is 58.6 Å². The van der Waals surface area contributed by atoms with Gasteiger partial charge in [-0.2, -0.15) is 0 Å². The van der Waals surface area contributed by atoms with Crippen LogP contribution in [0, 0.1) is 18.6 Å². The molecular formula is C32H39F2N3O3. The van der Waals surface area contributed by atoms with Gasteiger partial charge in [-0.05, 0) is 72.7 Å². The molecule has 3 aromatic rings. The average molecular weight is 552 g/mol. The van der Waals surface area contributed by atoms with E-state index in [1.54, 1.807) is 24.0 Å². The number of halogens is 2. The fraction of sp³-hybridized carbons (Fsp3) is 0.375. The van der Waals surface area contributed by atoms with Crippen LogP contribution < -0.4 is 11.1 Å². The van der Waals surface area contributed by atoms with E-state index in [2.05, 4.69) is 5.32 Å². The summed E-state index contributed by atoms with van der Waals surface area (Å²) in [6, 6.07) is 16.1. The van der Waals surface area contributed by atoms with Gasteiger partial charge in [-0.3, -0.25) is 9.59 Å². The number of amides is 2. The molecule has 0 bridgehead atoms. The molecule has 0 spiro atoms. The van der Waals surface area contributed by atoms with Gasteiger partial charge in [0.25, 0.3) is 5.91 Å². The quantitative estimate of drug-likeness (QED) is 0.259. The highest BCUT2D eigenvalue weighted by molar-refractivity contribution is 6.02. The molecule has 0 saturated heterocycles. The minimum atomic E-state index is -1.12. The van der Waals surface area contributed by atoms with Crippen LogP contribution >= 0.6 is 0 Å². The van der Waals surface area contributed by atoms with Gasteiger partial charge in [0.15, 0.2) is 0 Å². The summed E-state index contributed by atoms with van der Waals surface area (Å²) < 4.78 is 28.3. The Hall–Kier alpha value is -3.62. The second-order valence-corrected chi connectivity index (χ2v) is 10.2. The first-order valence-electron chi connectivity index (χ1n) is 13.8. The Balaban J connectivity index is 2.11. The average Bonchev–Trinajstić information content (AvgIpc) is 2.91. The molecule has 0 aliphatic carbocycles. The third-order valence-electron chi connectivity index (χ3n) is 6.83. The zero-order chi connectivity index (χ0) is 29.2. The zero-order valence-corrected chi connectivity index (χ0v) is 23.4. The maximum Gasteiger partial charge on any atom is 0.254 e. The number of benzene rings is 3. The molecule has 0 aliphatic rings. The number of primary amides is 1. The number of carbonyl (C=O) groups excluding carboxylic acids is 2. The summed E-state index contributed by atoms with van der Waals surface area (Å²) >= 11 is 0. The van der Waals surface area contributed by atoms with Crippen LogP contribution in [0.5, 0.6) is 0 Å². The minimum Gasteiger partial charge on any atom is -0.391 e. The second-order valence-electron chi connectivity index (χ2n) is 10.2. The van der Waals surface area contributed by atoms with Crippen molar-refractivity contribution >= 4 is 11.8 Å². The molecule has 0 saturated carbocycles. The SMILES string of the molecule is CCCN(CCC)C(=O)c1cc(C)cc(C(N)=O)c1[C@H](Cc1cc(F)cc(F)c1)[C@H](O)CNCc1ccccc1. The lowest BCUT2D eigenvalue weighted by molar-refractivity contribution is 0.0751. The predicted molar refractivity (Wildman–Crippen MR) is 153 cm³/mol. The van der Waals surface area contributed by atoms with Crippen LogP contribution in [0.3, 0.4) is 0 Å². The third kappa shape index (κ3) is 8.19. The summed E-state index contributed by atoms with van der Waals surface area (Å²) in [7, 11) is 0. The second kappa shape index (κ2) is 14.7. The van der Waals surface area contributed by atoms with E-state index in [0.29, 0.717) is 30.8 Å². The molecule has 214 valence electrons. The van der Waals surface area contributed by atoms with Gasteiger partial charge >= 0.3 is 0 Å². The van der Waals surface area contributed by atoms with Crippen molar-refractivity contribution in [2.75, 3.05) is 19.6 Å². The van der Waals surface area contributed by atoms with Gasteiger partial charge in [0.2, 0.25) is 5.91 Å². The van der Waals surface area contributed by atoms with Crippen molar-refractivity contribution in [3.05, 3.63) is 106 Å². The fourth-order valence-electron chi connectivity index (χ4n) is 5.12. The largest absolute Gasteiger partial charge is 0.391 e. The molecule has 0 radical (unpaired) electrons. The third-order valence-corrected chi connectivity index (χ3v) is 6.83. The standard InChI is InChI=1S/C32H39F2N3O3/c1-4-11-37(12-5-2)32(40)28-14-21(3)13-27(31(35)39)30(28)26(17-23-15-24(33)18-25(34)16-23)29(38)20-36-19-22-9-7-6-8-10-22/h6-10,13-16,18,26,29,36,38H,4-5,11-12,17,19-20H2,1-3H3,(H2,35,39)/t26-,29-/m1/s1. The number of nitrogens with zero attached hydrogens (tertiary/aromatic N) is 1. The lowest BCUT2D eigenvalue weighted by Gasteiger charge is -2.30. The molecule has 0 unspecified atom stereocenters. The minimum absolute atomic E-state index is 0.0198. The summed E-state index contributed by atoms with van der Waals surface area (Å²) in [5.41, 5.74) is 8.46. The number of aliphatic hydroxyl groups is 1. The van der Waals surface area contributed by atoms with Crippen molar-refractivity contribution in [3.63, 3.8) is 0 Å². The first-order chi connectivity index (χ1) is 19.1. The molecule has 0 heterocycles. The summed E-state index contributed by atoms with van der Waals surface area (Å²) in [5, 5.41) is 14.8. The Morgan fingerprint density at radius 2 is 1.52 bits per heavy atom. The van der Waals surface area contributed by atoms with Crippen LogP contribution in [-0.2, 0) is 13.0 Å². The van der Waals surface area contributed by atoms with Gasteiger partial charge in [0.05, 0.1) is 6.10 Å². The van der Waals surface area contributed by atoms with E-state index in [-0.39, 0.29) is 35.6 Å². The van der Waals surface area contributed by atoms with Crippen molar-refractivity contribution in [1.82, 2.24) is 10.2 Å². The highest BCUT2D eigenvalue weighted by atomic mass is 19.1. The van der Waals surface area contributed by atoms with Gasteiger partial charge in [-0.25, -0.2) is 8.78 Å². The molecule has 6 nitrogen and oxygen atoms in total. The molecule has 2 atom stereocenters. The number of hydrogen-bond acceptors (Lipinski definition) is 4. The molecule has 4 N–H and O–H groups in total. The molecule has 3 aromatic carbocycles. The van der Waals surface area contributed by atoms with Crippen LogP contribution in [0.4, 0.5) is 8.78 Å². The number of rotatable bonds is 14. The number of nitrogens with two attached hydrogens (primary N) is 1. The first-order valence-corrected chi connectivity index (χ1v) is 13.8. The van der Waals surface area contributed by atoms with Crippen molar-refractivity contribution < 1.29 is 23.5 Å². The van der Waals surface area contributed by atoms with E-state index in [4.69, 9.17) is 5.73 Å². The van der Waals surface area contributed by atoms with Crippen LogP contribution in [0.1, 0.15) is 75.6 Å². The highest BCUT2D eigenvalue weighted by Gasteiger charge is 2.32. The number of aryl methyl sites for hydroxylation is 1. The van der Waals surface area contributed by atoms with E-state index >= 15 is 0 Å². The van der Waals surface area contributed by atoms with Crippen molar-refractivity contribution in [1.29, 1.82) is 0 Å². The van der Waals surface area contributed by atoms with Crippen molar-refractivity contribution in [3.8, 4) is 0 Å². The highest BCUT2D eigenvalue weighted by Crippen LogP contribution is 2.33. The lowest BCUT2D eigenvalue weighted by Crippen LogP contribution is -2.37. The van der Waals surface area contributed by atoms with Gasteiger partial charge < -0.3 is 21.1 Å². The van der Waals surface area contributed by atoms with Gasteiger partial charge in [0, 0.05) is 49.3 Å². The van der Waals surface area contributed by atoms with Crippen LogP contribution in [-0.4, -0.2) is 47.6 Å². The predicted octanol–water partition coefficient (Wildman–Crippen LogP) is 5.11. The van der Waals surface area contributed by atoms with E-state index in [1.165, 1.54) is 12.1 Å². The number of carbonyl (C=O) groups is 2. The molecule has 40 heavy (non-hydrogen) atoms. The van der Waals surface area contributed by atoms with Crippen LogP contribution in [0.2, 0.25) is 0 Å². The van der Waals surface area contributed by atoms with Gasteiger partial charge in [-0.1, -0.05) is 44.2 Å². The topological polar surface area (TPSA) is 95.7 Å². The van der Waals surface area contributed by atoms with E-state index < -0.39 is 29.6 Å². The Kier molecular flexibility index (Phi) is 11.3. The van der Waals surface area contributed by atoms with E-state index in [0.717, 1.165) is 24.5 Å². The maximum absolute atomic E-state index is 14.2. The molecule has 8 heteroatoms. The smallest absolute Gasteiger partial charge is 0.254 e. The number of hydrogen-bond donors (Lipinski definition) is 3. The van der Waals surface area contributed by atoms with Crippen molar-refractivity contribution in [2.24, 2.45) is 5.73 Å². The Labute approximate surface area is 235 Å². The summed E-state index contributed by atoms with van der Waals surface area (Å²) in [6.45, 7) is 7.34. The number of aliphatic hydroxyl groups excluding tert-OH is 1. The zero-order valence-electron chi connectivity index (χ0n) is 23.4. The molecule has 3 rings (SSSR count). The lowest BCUT2D eigenvalue weighted by atomic mass is 9.80. The van der Waals surface area contributed by atoms with E-state index in [9.17, 15) is 23.5 Å². The van der Waals surface area contributed by atoms with Gasteiger partial charge in [0.1, 0.15) is 11.6 Å². The molecule has 0 aliphatic heterocycles. The Morgan fingerprint density at radius 3 is 2.10 bits per heavy atom. The van der Waals surface area contributed by atoms with E-state index in [1.807, 2.05) is 44.2 Å². The maximum atomic E-state index is 14.2. The fourth-order valence-corrected chi connectivity index (χ4v) is 5.12. The Bertz CT molecular complexity index is 1270. The molecule has 0 fully saturated rings.